The normalized spacial score (nSPS) is 29.0. The summed E-state index contributed by atoms with van der Waals surface area (Å²) in [6.07, 6.45) is 6.22. The molecular formula is C12H25NO2. The first kappa shape index (κ1) is 12.9. The smallest absolute Gasteiger partial charge is 0.0693 e. The molecule has 1 rings (SSSR count). The molecule has 0 amide bonds. The number of aliphatic hydroxyl groups excluding tert-OH is 2. The molecule has 90 valence electrons. The number of hydrogen-bond donors (Lipinski definition) is 3. The van der Waals surface area contributed by atoms with E-state index in [1.807, 2.05) is 0 Å². The fourth-order valence-corrected chi connectivity index (χ4v) is 2.30. The van der Waals surface area contributed by atoms with Crippen LogP contribution in [0.1, 0.15) is 45.4 Å². The Hall–Kier alpha value is -0.120. The minimum atomic E-state index is -0.162. The SMILES string of the molecule is CCC(CCO)CN[C@@H]1CCCC[C@H]1O. The molecule has 1 unspecified atom stereocenters. The van der Waals surface area contributed by atoms with Gasteiger partial charge in [-0.3, -0.25) is 0 Å². The fourth-order valence-electron chi connectivity index (χ4n) is 2.30. The fraction of sp³-hybridized carbons (Fsp3) is 1.00. The largest absolute Gasteiger partial charge is 0.396 e. The van der Waals surface area contributed by atoms with E-state index in [0.29, 0.717) is 5.92 Å². The minimum Gasteiger partial charge on any atom is -0.396 e. The van der Waals surface area contributed by atoms with E-state index in [-0.39, 0.29) is 18.8 Å². The zero-order valence-electron chi connectivity index (χ0n) is 9.78. The Bertz CT molecular complexity index is 164. The number of hydrogen-bond acceptors (Lipinski definition) is 3. The second-order valence-corrected chi connectivity index (χ2v) is 4.65. The molecule has 15 heavy (non-hydrogen) atoms. The van der Waals surface area contributed by atoms with E-state index in [4.69, 9.17) is 5.11 Å². The molecule has 0 heterocycles. The molecule has 1 fully saturated rings. The minimum absolute atomic E-state index is 0.162. The second kappa shape index (κ2) is 7.20. The lowest BCUT2D eigenvalue weighted by Crippen LogP contribution is -2.44. The van der Waals surface area contributed by atoms with Crippen molar-refractivity contribution in [1.29, 1.82) is 0 Å². The van der Waals surface area contributed by atoms with E-state index < -0.39 is 0 Å². The van der Waals surface area contributed by atoms with Gasteiger partial charge in [0.05, 0.1) is 6.10 Å². The topological polar surface area (TPSA) is 52.5 Å². The third-order valence-electron chi connectivity index (χ3n) is 3.51. The van der Waals surface area contributed by atoms with Crippen LogP contribution in [-0.4, -0.2) is 35.5 Å². The van der Waals surface area contributed by atoms with Crippen LogP contribution in [0.15, 0.2) is 0 Å². The first-order valence-electron chi connectivity index (χ1n) is 6.30. The van der Waals surface area contributed by atoms with Crippen LogP contribution in [0.2, 0.25) is 0 Å². The molecule has 0 saturated heterocycles. The number of rotatable bonds is 6. The van der Waals surface area contributed by atoms with Crippen molar-refractivity contribution >= 4 is 0 Å². The van der Waals surface area contributed by atoms with Crippen LogP contribution in [0.5, 0.6) is 0 Å². The molecule has 3 N–H and O–H groups in total. The van der Waals surface area contributed by atoms with Crippen LogP contribution >= 0.6 is 0 Å². The summed E-state index contributed by atoms with van der Waals surface area (Å²) >= 11 is 0. The predicted molar refractivity (Wildman–Crippen MR) is 61.7 cm³/mol. The summed E-state index contributed by atoms with van der Waals surface area (Å²) in [7, 11) is 0. The van der Waals surface area contributed by atoms with Crippen molar-refractivity contribution < 1.29 is 10.2 Å². The van der Waals surface area contributed by atoms with Crippen LogP contribution < -0.4 is 5.32 Å². The van der Waals surface area contributed by atoms with E-state index in [9.17, 15) is 5.11 Å². The maximum Gasteiger partial charge on any atom is 0.0693 e. The highest BCUT2D eigenvalue weighted by Crippen LogP contribution is 2.19. The molecule has 0 aromatic heterocycles. The predicted octanol–water partition coefficient (Wildman–Crippen LogP) is 1.29. The summed E-state index contributed by atoms with van der Waals surface area (Å²) < 4.78 is 0. The van der Waals surface area contributed by atoms with E-state index in [1.54, 1.807) is 0 Å². The highest BCUT2D eigenvalue weighted by atomic mass is 16.3. The van der Waals surface area contributed by atoms with Gasteiger partial charge in [0.1, 0.15) is 0 Å². The summed E-state index contributed by atoms with van der Waals surface area (Å²) in [4.78, 5) is 0. The lowest BCUT2D eigenvalue weighted by atomic mass is 9.92. The summed E-state index contributed by atoms with van der Waals surface area (Å²) in [6, 6.07) is 0.284. The zero-order valence-corrected chi connectivity index (χ0v) is 9.78. The molecule has 0 aliphatic heterocycles. The van der Waals surface area contributed by atoms with Crippen molar-refractivity contribution in [3.8, 4) is 0 Å². The Balaban J connectivity index is 2.21. The highest BCUT2D eigenvalue weighted by Gasteiger charge is 2.22. The van der Waals surface area contributed by atoms with Gasteiger partial charge in [0, 0.05) is 12.6 Å². The lowest BCUT2D eigenvalue weighted by Gasteiger charge is -2.30. The Labute approximate surface area is 92.9 Å². The molecule has 3 nitrogen and oxygen atoms in total. The molecule has 3 heteroatoms. The molecule has 1 aliphatic rings. The summed E-state index contributed by atoms with van der Waals surface area (Å²) in [5.41, 5.74) is 0. The van der Waals surface area contributed by atoms with Crippen molar-refractivity contribution in [2.24, 2.45) is 5.92 Å². The standard InChI is InChI=1S/C12H25NO2/c1-2-10(7-8-14)9-13-11-5-3-4-6-12(11)15/h10-15H,2-9H2,1H3/t10?,11-,12-/m1/s1. The van der Waals surface area contributed by atoms with Gasteiger partial charge in [0.15, 0.2) is 0 Å². The summed E-state index contributed by atoms with van der Waals surface area (Å²) in [5, 5.41) is 22.1. The third kappa shape index (κ3) is 4.49. The molecule has 0 radical (unpaired) electrons. The van der Waals surface area contributed by atoms with Crippen molar-refractivity contribution in [1.82, 2.24) is 5.32 Å². The van der Waals surface area contributed by atoms with Gasteiger partial charge in [-0.2, -0.15) is 0 Å². The molecule has 1 aliphatic carbocycles. The average Bonchev–Trinajstić information content (AvgIpc) is 2.26. The average molecular weight is 215 g/mol. The third-order valence-corrected chi connectivity index (χ3v) is 3.51. The molecular weight excluding hydrogens is 190 g/mol. The highest BCUT2D eigenvalue weighted by molar-refractivity contribution is 4.81. The second-order valence-electron chi connectivity index (χ2n) is 4.65. The molecule has 1 saturated carbocycles. The van der Waals surface area contributed by atoms with E-state index in [1.165, 1.54) is 6.42 Å². The van der Waals surface area contributed by atoms with Gasteiger partial charge in [-0.15, -0.1) is 0 Å². The Morgan fingerprint density at radius 3 is 2.67 bits per heavy atom. The Morgan fingerprint density at radius 2 is 2.07 bits per heavy atom. The summed E-state index contributed by atoms with van der Waals surface area (Å²) in [6.45, 7) is 3.35. The van der Waals surface area contributed by atoms with Gasteiger partial charge in [0.25, 0.3) is 0 Å². The van der Waals surface area contributed by atoms with Gasteiger partial charge in [-0.25, -0.2) is 0 Å². The van der Waals surface area contributed by atoms with Gasteiger partial charge >= 0.3 is 0 Å². The van der Waals surface area contributed by atoms with Crippen LogP contribution in [0.25, 0.3) is 0 Å². The summed E-state index contributed by atoms with van der Waals surface area (Å²) in [5.74, 6) is 0.545. The monoisotopic (exact) mass is 215 g/mol. The Kier molecular flexibility index (Phi) is 6.22. The molecule has 3 atom stereocenters. The molecule has 0 bridgehead atoms. The number of nitrogens with one attached hydrogen (secondary N) is 1. The van der Waals surface area contributed by atoms with Crippen molar-refractivity contribution in [2.75, 3.05) is 13.2 Å². The van der Waals surface area contributed by atoms with Crippen LogP contribution in [0, 0.1) is 5.92 Å². The van der Waals surface area contributed by atoms with Gasteiger partial charge < -0.3 is 15.5 Å². The van der Waals surface area contributed by atoms with E-state index in [0.717, 1.165) is 38.6 Å². The van der Waals surface area contributed by atoms with Gasteiger partial charge in [0.2, 0.25) is 0 Å². The maximum atomic E-state index is 9.77. The Morgan fingerprint density at radius 1 is 1.33 bits per heavy atom. The van der Waals surface area contributed by atoms with E-state index in [2.05, 4.69) is 12.2 Å². The first-order chi connectivity index (χ1) is 7.27. The quantitative estimate of drug-likeness (QED) is 0.626. The zero-order chi connectivity index (χ0) is 11.1. The first-order valence-corrected chi connectivity index (χ1v) is 6.30. The number of aliphatic hydroxyl groups is 2. The van der Waals surface area contributed by atoms with Crippen LogP contribution in [0.3, 0.4) is 0 Å². The maximum absolute atomic E-state index is 9.77. The van der Waals surface area contributed by atoms with Crippen molar-refractivity contribution in [3.05, 3.63) is 0 Å². The lowest BCUT2D eigenvalue weighted by molar-refractivity contribution is 0.0878. The van der Waals surface area contributed by atoms with Crippen molar-refractivity contribution in [3.63, 3.8) is 0 Å². The van der Waals surface area contributed by atoms with Crippen LogP contribution in [-0.2, 0) is 0 Å². The van der Waals surface area contributed by atoms with Gasteiger partial charge in [-0.05, 0) is 31.7 Å². The molecule has 0 spiro atoms. The molecule has 0 aromatic carbocycles. The van der Waals surface area contributed by atoms with Gasteiger partial charge in [-0.1, -0.05) is 26.2 Å². The van der Waals surface area contributed by atoms with E-state index >= 15 is 0 Å². The van der Waals surface area contributed by atoms with Crippen molar-refractivity contribution in [2.45, 2.75) is 57.6 Å². The molecule has 0 aromatic rings. The van der Waals surface area contributed by atoms with Crippen LogP contribution in [0.4, 0.5) is 0 Å².